The van der Waals surface area contributed by atoms with Crippen molar-refractivity contribution >= 4 is 29.0 Å². The lowest BCUT2D eigenvalue weighted by Gasteiger charge is -2.08. The molecule has 0 aliphatic carbocycles. The van der Waals surface area contributed by atoms with Crippen molar-refractivity contribution in [3.63, 3.8) is 0 Å². The van der Waals surface area contributed by atoms with E-state index in [0.717, 1.165) is 0 Å². The molecule has 1 aromatic carbocycles. The molecule has 0 unspecified atom stereocenters. The fourth-order valence-corrected chi connectivity index (χ4v) is 1.34. The molecule has 5 nitrogen and oxygen atoms in total. The molecule has 5 N–H and O–H groups in total. The van der Waals surface area contributed by atoms with Gasteiger partial charge in [-0.05, 0) is 18.2 Å². The third-order valence-corrected chi connectivity index (χ3v) is 2.13. The van der Waals surface area contributed by atoms with Crippen molar-refractivity contribution in [2.45, 2.75) is 0 Å². The van der Waals surface area contributed by atoms with Gasteiger partial charge in [0.1, 0.15) is 17.4 Å². The topological polar surface area (TPSA) is 90.4 Å². The van der Waals surface area contributed by atoms with E-state index >= 15 is 0 Å². The molecule has 0 fully saturated rings. The van der Waals surface area contributed by atoms with Crippen LogP contribution in [-0.4, -0.2) is 24.2 Å². The molecule has 0 spiro atoms. The Kier molecular flexibility index (Phi) is 4.65. The van der Waals surface area contributed by atoms with Crippen LogP contribution in [0.25, 0.3) is 0 Å². The van der Waals surface area contributed by atoms with Crippen LogP contribution >= 0.6 is 12.2 Å². The molecule has 0 atom stereocenters. The number of benzene rings is 1. The van der Waals surface area contributed by atoms with Crippen molar-refractivity contribution in [1.29, 1.82) is 0 Å². The van der Waals surface area contributed by atoms with Gasteiger partial charge < -0.3 is 21.5 Å². The summed E-state index contributed by atoms with van der Waals surface area (Å²) in [4.78, 5) is 10.3. The van der Waals surface area contributed by atoms with Crippen LogP contribution < -0.4 is 16.8 Å². The first-order valence-corrected chi connectivity index (χ1v) is 5.17. The van der Waals surface area contributed by atoms with Gasteiger partial charge in [0.15, 0.2) is 0 Å². The highest BCUT2D eigenvalue weighted by Crippen LogP contribution is 2.14. The Hall–Kier alpha value is -1.89. The predicted octanol–water partition coefficient (Wildman–Crippen LogP) is 0.967. The van der Waals surface area contributed by atoms with Crippen LogP contribution in [0.5, 0.6) is 0 Å². The summed E-state index contributed by atoms with van der Waals surface area (Å²) >= 11 is 4.67. The van der Waals surface area contributed by atoms with Crippen molar-refractivity contribution in [3.8, 4) is 0 Å². The monoisotopic (exact) mass is 257 g/mol. The van der Waals surface area contributed by atoms with E-state index in [0.29, 0.717) is 12.2 Å². The summed E-state index contributed by atoms with van der Waals surface area (Å²) in [5.74, 6) is -0.502. The second-order valence-corrected chi connectivity index (χ2v) is 3.59. The largest absolute Gasteiger partial charge is 0.448 e. The minimum Gasteiger partial charge on any atom is -0.448 e. The zero-order chi connectivity index (χ0) is 12.8. The molecule has 7 heteroatoms. The molecule has 0 aliphatic rings. The molecule has 0 aromatic heterocycles. The third kappa shape index (κ3) is 4.23. The first kappa shape index (κ1) is 13.2. The van der Waals surface area contributed by atoms with E-state index in [-0.39, 0.29) is 17.2 Å². The fraction of sp³-hybridized carbons (Fsp3) is 0.200. The minimum atomic E-state index is -0.846. The summed E-state index contributed by atoms with van der Waals surface area (Å²) in [6, 6.07) is 4.37. The second kappa shape index (κ2) is 6.00. The fourth-order valence-electron chi connectivity index (χ4n) is 1.17. The molecule has 92 valence electrons. The van der Waals surface area contributed by atoms with Gasteiger partial charge in [0.2, 0.25) is 0 Å². The van der Waals surface area contributed by atoms with Crippen LogP contribution in [-0.2, 0) is 4.74 Å². The maximum absolute atomic E-state index is 13.4. The number of thiocarbonyl (C=S) groups is 1. The molecule has 1 amide bonds. The van der Waals surface area contributed by atoms with Gasteiger partial charge in [-0.25, -0.2) is 9.18 Å². The van der Waals surface area contributed by atoms with Gasteiger partial charge in [0.05, 0.1) is 0 Å². The van der Waals surface area contributed by atoms with Crippen LogP contribution in [0.2, 0.25) is 0 Å². The maximum Gasteiger partial charge on any atom is 0.404 e. The molecular weight excluding hydrogens is 245 g/mol. The number of primary amides is 1. The minimum absolute atomic E-state index is 0.00566. The summed E-state index contributed by atoms with van der Waals surface area (Å²) in [6.45, 7) is 0.433. The van der Waals surface area contributed by atoms with E-state index in [1.807, 2.05) is 0 Å². The number of hydrogen-bond acceptors (Lipinski definition) is 4. The molecule has 0 radical (unpaired) electrons. The van der Waals surface area contributed by atoms with Gasteiger partial charge in [-0.3, -0.25) is 0 Å². The smallest absolute Gasteiger partial charge is 0.404 e. The molecule has 0 bridgehead atoms. The number of ether oxygens (including phenoxy) is 1. The average molecular weight is 257 g/mol. The average Bonchev–Trinajstić information content (AvgIpc) is 2.23. The van der Waals surface area contributed by atoms with Crippen LogP contribution in [0, 0.1) is 5.82 Å². The van der Waals surface area contributed by atoms with Gasteiger partial charge >= 0.3 is 6.09 Å². The normalized spacial score (nSPS) is 9.71. The van der Waals surface area contributed by atoms with Gasteiger partial charge in [-0.15, -0.1) is 0 Å². The highest BCUT2D eigenvalue weighted by molar-refractivity contribution is 7.80. The third-order valence-electron chi connectivity index (χ3n) is 1.91. The maximum atomic E-state index is 13.4. The quantitative estimate of drug-likeness (QED) is 0.540. The lowest BCUT2D eigenvalue weighted by atomic mass is 10.2. The molecular formula is C10H12FN3O2S. The SMILES string of the molecule is NC(=O)OCCNc1ccc(C(N)=S)c(F)c1. The van der Waals surface area contributed by atoms with E-state index in [2.05, 4.69) is 22.3 Å². The predicted molar refractivity (Wildman–Crippen MR) is 66.3 cm³/mol. The standard InChI is InChI=1S/C10H12FN3O2S/c11-8-5-6(1-2-7(8)9(12)17)14-3-4-16-10(13)15/h1-2,5,14H,3-4H2,(H2,12,17)(H2,13,15). The van der Waals surface area contributed by atoms with Crippen LogP contribution in [0.1, 0.15) is 5.56 Å². The van der Waals surface area contributed by atoms with E-state index in [9.17, 15) is 9.18 Å². The number of nitrogens with two attached hydrogens (primary N) is 2. The Morgan fingerprint density at radius 3 is 2.71 bits per heavy atom. The highest BCUT2D eigenvalue weighted by Gasteiger charge is 2.05. The Balaban J connectivity index is 2.53. The summed E-state index contributed by atoms with van der Waals surface area (Å²) in [5, 5.41) is 2.85. The van der Waals surface area contributed by atoms with Crippen molar-refractivity contribution in [1.82, 2.24) is 0 Å². The first-order valence-electron chi connectivity index (χ1n) is 4.76. The number of hydrogen-bond donors (Lipinski definition) is 3. The van der Waals surface area contributed by atoms with Crippen LogP contribution in [0.15, 0.2) is 18.2 Å². The highest BCUT2D eigenvalue weighted by atomic mass is 32.1. The lowest BCUT2D eigenvalue weighted by molar-refractivity contribution is 0.161. The number of halogens is 1. The van der Waals surface area contributed by atoms with Crippen molar-refractivity contribution < 1.29 is 13.9 Å². The van der Waals surface area contributed by atoms with Crippen LogP contribution in [0.4, 0.5) is 14.9 Å². The first-order chi connectivity index (χ1) is 8.00. The zero-order valence-corrected chi connectivity index (χ0v) is 9.72. The van der Waals surface area contributed by atoms with E-state index in [1.165, 1.54) is 12.1 Å². The number of amides is 1. The number of carbonyl (C=O) groups excluding carboxylic acids is 1. The summed E-state index contributed by atoms with van der Waals surface area (Å²) in [6.07, 6.45) is -0.846. The Labute approximate surface area is 103 Å². The summed E-state index contributed by atoms with van der Waals surface area (Å²) < 4.78 is 17.9. The molecule has 17 heavy (non-hydrogen) atoms. The number of nitrogens with one attached hydrogen (secondary N) is 1. The second-order valence-electron chi connectivity index (χ2n) is 3.15. The number of carbonyl (C=O) groups is 1. The van der Waals surface area contributed by atoms with Gasteiger partial charge in [0.25, 0.3) is 0 Å². The van der Waals surface area contributed by atoms with Gasteiger partial charge in [0, 0.05) is 17.8 Å². The summed E-state index contributed by atoms with van der Waals surface area (Å²) in [7, 11) is 0. The van der Waals surface area contributed by atoms with Gasteiger partial charge in [-0.1, -0.05) is 12.2 Å². The molecule has 0 saturated carbocycles. The zero-order valence-electron chi connectivity index (χ0n) is 8.90. The Bertz CT molecular complexity index is 440. The molecule has 0 saturated heterocycles. The Morgan fingerprint density at radius 1 is 1.47 bits per heavy atom. The van der Waals surface area contributed by atoms with E-state index in [1.54, 1.807) is 6.07 Å². The van der Waals surface area contributed by atoms with E-state index < -0.39 is 11.9 Å². The van der Waals surface area contributed by atoms with Crippen molar-refractivity contribution in [3.05, 3.63) is 29.6 Å². The Morgan fingerprint density at radius 2 is 2.18 bits per heavy atom. The lowest BCUT2D eigenvalue weighted by Crippen LogP contribution is -2.18. The van der Waals surface area contributed by atoms with Crippen molar-refractivity contribution in [2.24, 2.45) is 11.5 Å². The number of anilines is 1. The molecule has 0 heterocycles. The molecule has 1 rings (SSSR count). The molecule has 0 aliphatic heterocycles. The van der Waals surface area contributed by atoms with Crippen LogP contribution in [0.3, 0.4) is 0 Å². The number of rotatable bonds is 5. The summed E-state index contributed by atoms with van der Waals surface area (Å²) in [5.41, 5.74) is 10.8. The van der Waals surface area contributed by atoms with Gasteiger partial charge in [-0.2, -0.15) is 0 Å². The van der Waals surface area contributed by atoms with E-state index in [4.69, 9.17) is 11.5 Å². The molecule has 1 aromatic rings. The van der Waals surface area contributed by atoms with Crippen molar-refractivity contribution in [2.75, 3.05) is 18.5 Å².